The van der Waals surface area contributed by atoms with E-state index in [1.807, 2.05) is 66.7 Å². The van der Waals surface area contributed by atoms with Crippen LogP contribution in [0.15, 0.2) is 150 Å². The molecule has 0 aliphatic heterocycles. The summed E-state index contributed by atoms with van der Waals surface area (Å²) in [5, 5.41) is 9.41. The van der Waals surface area contributed by atoms with E-state index in [1.54, 1.807) is 6.08 Å². The molecule has 7 aromatic rings. The van der Waals surface area contributed by atoms with Crippen LogP contribution in [0, 0.1) is 5.41 Å². The molecule has 8 rings (SSSR count). The zero-order chi connectivity index (χ0) is 31.7. The number of nitrogens with zero attached hydrogens (tertiary/aromatic N) is 4. The maximum Gasteiger partial charge on any atom is 0.160 e. The Bertz CT molecular complexity index is 2360. The van der Waals surface area contributed by atoms with Crippen molar-refractivity contribution in [3.63, 3.8) is 0 Å². The topological polar surface area (TPSA) is 74.9 Å². The number of aromatic nitrogens is 3. The lowest BCUT2D eigenvalue weighted by Gasteiger charge is -2.19. The molecule has 0 amide bonds. The van der Waals surface area contributed by atoms with E-state index in [1.165, 1.54) is 0 Å². The van der Waals surface area contributed by atoms with Crippen molar-refractivity contribution < 1.29 is 0 Å². The van der Waals surface area contributed by atoms with Gasteiger partial charge in [0.2, 0.25) is 0 Å². The molecular weight excluding hydrogens is 595 g/mol. The average molecular weight is 622 g/mol. The number of thiol groups is 1. The molecule has 0 bridgehead atoms. The Kier molecular flexibility index (Phi) is 7.32. The van der Waals surface area contributed by atoms with Crippen molar-refractivity contribution in [3.05, 3.63) is 157 Å². The van der Waals surface area contributed by atoms with E-state index in [4.69, 9.17) is 20.4 Å². The van der Waals surface area contributed by atoms with Crippen LogP contribution in [0.5, 0.6) is 0 Å². The van der Waals surface area contributed by atoms with Crippen LogP contribution >= 0.6 is 12.8 Å². The smallest absolute Gasteiger partial charge is 0.160 e. The van der Waals surface area contributed by atoms with Gasteiger partial charge in [-0.05, 0) is 54.3 Å². The molecule has 2 heterocycles. The van der Waals surface area contributed by atoms with E-state index in [0.717, 1.165) is 72.5 Å². The van der Waals surface area contributed by atoms with E-state index in [-0.39, 0.29) is 0 Å². The summed E-state index contributed by atoms with van der Waals surface area (Å²) in [6.07, 6.45) is 3.71. The van der Waals surface area contributed by atoms with E-state index in [9.17, 15) is 0 Å². The molecule has 1 aliphatic rings. The van der Waals surface area contributed by atoms with Gasteiger partial charge in [-0.2, -0.15) is 0 Å². The lowest BCUT2D eigenvalue weighted by molar-refractivity contribution is 1.18. The summed E-state index contributed by atoms with van der Waals surface area (Å²) in [6, 6.07) is 47.3. The number of benzene rings is 5. The van der Waals surface area contributed by atoms with Gasteiger partial charge in [-0.3, -0.25) is 5.41 Å². The number of rotatable bonds is 5. The average Bonchev–Trinajstić information content (AvgIpc) is 3.15. The third-order valence-corrected chi connectivity index (χ3v) is 8.62. The predicted octanol–water partition coefficient (Wildman–Crippen LogP) is 10.0. The highest BCUT2D eigenvalue weighted by molar-refractivity contribution is 7.79. The van der Waals surface area contributed by atoms with Crippen LogP contribution in [0.3, 0.4) is 0 Å². The lowest BCUT2D eigenvalue weighted by Crippen LogP contribution is -2.18. The third-order valence-electron chi connectivity index (χ3n) is 8.42. The monoisotopic (exact) mass is 621 g/mol. The number of pyridine rings is 1. The molecule has 47 heavy (non-hydrogen) atoms. The largest absolute Gasteiger partial charge is 0.299 e. The Balaban J connectivity index is 1.24. The fourth-order valence-corrected chi connectivity index (χ4v) is 6.30. The molecule has 0 unspecified atom stereocenters. The summed E-state index contributed by atoms with van der Waals surface area (Å²) in [6.45, 7) is 0. The number of nitrogens with one attached hydrogen (secondary N) is 1. The van der Waals surface area contributed by atoms with Crippen LogP contribution < -0.4 is 0 Å². The van der Waals surface area contributed by atoms with Gasteiger partial charge in [0, 0.05) is 38.8 Å². The van der Waals surface area contributed by atoms with Crippen molar-refractivity contribution in [2.75, 3.05) is 0 Å². The molecule has 0 saturated heterocycles. The summed E-state index contributed by atoms with van der Waals surface area (Å²) in [5.74, 6) is 0.666. The van der Waals surface area contributed by atoms with E-state index >= 15 is 0 Å². The third kappa shape index (κ3) is 5.35. The van der Waals surface area contributed by atoms with Gasteiger partial charge in [0.05, 0.1) is 28.3 Å². The quantitative estimate of drug-likeness (QED) is 0.188. The van der Waals surface area contributed by atoms with Crippen molar-refractivity contribution in [2.24, 2.45) is 4.40 Å². The first-order valence-corrected chi connectivity index (χ1v) is 15.7. The van der Waals surface area contributed by atoms with Crippen molar-refractivity contribution in [2.45, 2.75) is 0 Å². The van der Waals surface area contributed by atoms with Gasteiger partial charge in [0.15, 0.2) is 5.82 Å². The molecule has 5 nitrogen and oxygen atoms in total. The minimum Gasteiger partial charge on any atom is -0.299 e. The van der Waals surface area contributed by atoms with Gasteiger partial charge in [-0.1, -0.05) is 121 Å². The number of para-hydroxylation sites is 1. The second-order valence-electron chi connectivity index (χ2n) is 11.3. The highest BCUT2D eigenvalue weighted by atomic mass is 32.1. The van der Waals surface area contributed by atoms with Gasteiger partial charge >= 0.3 is 0 Å². The fourth-order valence-electron chi connectivity index (χ4n) is 6.10. The van der Waals surface area contributed by atoms with Crippen LogP contribution in [0.25, 0.3) is 73.3 Å². The Labute approximate surface area is 278 Å². The molecule has 0 saturated carbocycles. The Hall–Kier alpha value is -5.98. The zero-order valence-electron chi connectivity index (χ0n) is 25.2. The number of hydrogen-bond acceptors (Lipinski definition) is 6. The summed E-state index contributed by atoms with van der Waals surface area (Å²) in [5.41, 5.74) is 12.2. The molecule has 1 aliphatic carbocycles. The normalized spacial score (nSPS) is 13.2. The van der Waals surface area contributed by atoms with Crippen LogP contribution in [0.2, 0.25) is 0 Å². The summed E-state index contributed by atoms with van der Waals surface area (Å²) in [7, 11) is 0. The second-order valence-corrected chi connectivity index (χ2v) is 11.5. The van der Waals surface area contributed by atoms with Gasteiger partial charge in [0.25, 0.3) is 0 Å². The van der Waals surface area contributed by atoms with Crippen molar-refractivity contribution >= 4 is 41.2 Å². The zero-order valence-corrected chi connectivity index (χ0v) is 26.1. The summed E-state index contributed by atoms with van der Waals surface area (Å²) in [4.78, 5) is 15.2. The molecule has 0 spiro atoms. The lowest BCUT2D eigenvalue weighted by atomic mass is 9.88. The van der Waals surface area contributed by atoms with Gasteiger partial charge < -0.3 is 0 Å². The molecule has 5 aromatic carbocycles. The van der Waals surface area contributed by atoms with Crippen molar-refractivity contribution in [1.29, 1.82) is 5.41 Å². The van der Waals surface area contributed by atoms with Gasteiger partial charge in [-0.15, -0.1) is 0 Å². The standard InChI is InChI=1S/C41H27N5S/c42-34-23-22-33-38(40(34)46-47)32-16-7-8-17-35(32)43-39(33)29-20-18-28(19-21-29)37-25-36(27-12-5-2-6-13-27)44-41(45-37)31-15-9-14-30(24-31)26-10-3-1-4-11-26/h1-25,42,47H/b42-34?,46-40+. The first kappa shape index (κ1) is 28.5. The molecule has 6 heteroatoms. The second kappa shape index (κ2) is 12.1. The molecule has 222 valence electrons. The SMILES string of the molecule is N=C1C=Cc2c(-c3ccc(-c4cc(-c5ccccc5)nc(-c5cccc(-c6ccccc6)c5)n4)cc3)nc3ccccc3c2/C1=N/S. The highest BCUT2D eigenvalue weighted by Gasteiger charge is 2.23. The number of allylic oxidation sites excluding steroid dienone is 1. The van der Waals surface area contributed by atoms with Gasteiger partial charge in [0.1, 0.15) is 5.71 Å². The maximum absolute atomic E-state index is 8.47. The minimum absolute atomic E-state index is 0.327. The molecule has 0 radical (unpaired) electrons. The maximum atomic E-state index is 8.47. The van der Waals surface area contributed by atoms with E-state index < -0.39 is 0 Å². The summed E-state index contributed by atoms with van der Waals surface area (Å²) >= 11 is 4.22. The van der Waals surface area contributed by atoms with Crippen molar-refractivity contribution in [1.82, 2.24) is 15.0 Å². The van der Waals surface area contributed by atoms with Crippen LogP contribution in [-0.4, -0.2) is 26.4 Å². The van der Waals surface area contributed by atoms with Gasteiger partial charge in [-0.25, -0.2) is 19.3 Å². The van der Waals surface area contributed by atoms with E-state index in [2.05, 4.69) is 96.1 Å². The van der Waals surface area contributed by atoms with E-state index in [0.29, 0.717) is 17.2 Å². The number of fused-ring (bicyclic) bond motifs is 3. The summed E-state index contributed by atoms with van der Waals surface area (Å²) < 4.78 is 4.19. The Morgan fingerprint density at radius 2 is 1.11 bits per heavy atom. The van der Waals surface area contributed by atoms with Crippen LogP contribution in [-0.2, 0) is 0 Å². The molecule has 2 aromatic heterocycles. The molecule has 0 fully saturated rings. The molecular formula is C41H27N5S. The Morgan fingerprint density at radius 1 is 0.511 bits per heavy atom. The highest BCUT2D eigenvalue weighted by Crippen LogP contribution is 2.36. The first-order chi connectivity index (χ1) is 23.2. The van der Waals surface area contributed by atoms with Crippen molar-refractivity contribution in [3.8, 4) is 56.3 Å². The fraction of sp³-hybridized carbons (Fsp3) is 0. The minimum atomic E-state index is 0.327. The molecule has 1 N–H and O–H groups in total. The Morgan fingerprint density at radius 3 is 1.83 bits per heavy atom. The van der Waals surface area contributed by atoms with Crippen LogP contribution in [0.1, 0.15) is 11.1 Å². The first-order valence-electron chi connectivity index (χ1n) is 15.3. The predicted molar refractivity (Wildman–Crippen MR) is 197 cm³/mol. The van der Waals surface area contributed by atoms with Crippen LogP contribution in [0.4, 0.5) is 0 Å². The molecule has 0 atom stereocenters. The number of hydrogen-bond donors (Lipinski definition) is 2.